The Morgan fingerprint density at radius 1 is 1.36 bits per heavy atom. The second-order valence-corrected chi connectivity index (χ2v) is 3.48. The number of hydrogen-bond acceptors (Lipinski definition) is 1. The summed E-state index contributed by atoms with van der Waals surface area (Å²) in [5.41, 5.74) is 2.48. The van der Waals surface area contributed by atoms with Gasteiger partial charge >= 0.3 is 0 Å². The molecule has 2 aromatic rings. The second kappa shape index (κ2) is 3.66. The normalized spacial score (nSPS) is 10.6. The molecule has 0 fully saturated rings. The zero-order valence-electron chi connectivity index (χ0n) is 8.23. The molecular formula is C12H13NO. The van der Waals surface area contributed by atoms with Crippen LogP contribution in [0.2, 0.25) is 0 Å². The highest BCUT2D eigenvalue weighted by Gasteiger charge is 2.02. The first-order chi connectivity index (χ1) is 6.83. The standard InChI is InChI=1S/C12H13NO/c1-10-9-13(7-4-8-14)12-6-3-2-5-11(10)12/h2-3,5-6,8-9H,4,7H2,1H3. The summed E-state index contributed by atoms with van der Waals surface area (Å²) in [5.74, 6) is 0. The maximum absolute atomic E-state index is 10.3. The van der Waals surface area contributed by atoms with E-state index in [2.05, 4.69) is 29.8 Å². The molecule has 14 heavy (non-hydrogen) atoms. The lowest BCUT2D eigenvalue weighted by atomic mass is 10.2. The van der Waals surface area contributed by atoms with Gasteiger partial charge in [-0.2, -0.15) is 0 Å². The van der Waals surface area contributed by atoms with Gasteiger partial charge in [-0.15, -0.1) is 0 Å². The van der Waals surface area contributed by atoms with Gasteiger partial charge in [0.15, 0.2) is 0 Å². The van der Waals surface area contributed by atoms with Gasteiger partial charge in [0.2, 0.25) is 0 Å². The van der Waals surface area contributed by atoms with Crippen molar-refractivity contribution in [2.24, 2.45) is 0 Å². The van der Waals surface area contributed by atoms with Crippen molar-refractivity contribution in [3.63, 3.8) is 0 Å². The van der Waals surface area contributed by atoms with Crippen LogP contribution in [0.25, 0.3) is 10.9 Å². The third kappa shape index (κ3) is 1.43. The number of carbonyl (C=O) groups is 1. The highest BCUT2D eigenvalue weighted by molar-refractivity contribution is 5.83. The summed E-state index contributed by atoms with van der Waals surface area (Å²) in [6, 6.07) is 8.27. The lowest BCUT2D eigenvalue weighted by molar-refractivity contribution is -0.108. The summed E-state index contributed by atoms with van der Waals surface area (Å²) in [7, 11) is 0. The van der Waals surface area contributed by atoms with E-state index in [4.69, 9.17) is 0 Å². The molecule has 0 N–H and O–H groups in total. The van der Waals surface area contributed by atoms with Gasteiger partial charge in [-0.05, 0) is 18.6 Å². The summed E-state index contributed by atoms with van der Waals surface area (Å²) in [6.07, 6.45) is 3.65. The van der Waals surface area contributed by atoms with Gasteiger partial charge in [-0.25, -0.2) is 0 Å². The van der Waals surface area contributed by atoms with E-state index in [1.807, 2.05) is 12.1 Å². The van der Waals surface area contributed by atoms with Gasteiger partial charge in [-0.3, -0.25) is 0 Å². The van der Waals surface area contributed by atoms with Gasteiger partial charge in [0, 0.05) is 30.1 Å². The molecular weight excluding hydrogens is 174 g/mol. The van der Waals surface area contributed by atoms with Crippen molar-refractivity contribution in [2.45, 2.75) is 19.9 Å². The number of rotatable bonds is 3. The van der Waals surface area contributed by atoms with Gasteiger partial charge in [-0.1, -0.05) is 18.2 Å². The van der Waals surface area contributed by atoms with E-state index in [-0.39, 0.29) is 0 Å². The smallest absolute Gasteiger partial charge is 0.121 e. The topological polar surface area (TPSA) is 22.0 Å². The fraction of sp³-hybridized carbons (Fsp3) is 0.250. The molecule has 1 heterocycles. The molecule has 0 unspecified atom stereocenters. The minimum absolute atomic E-state index is 0.581. The predicted molar refractivity (Wildman–Crippen MR) is 57.4 cm³/mol. The van der Waals surface area contributed by atoms with Crippen LogP contribution in [-0.2, 0) is 11.3 Å². The SMILES string of the molecule is Cc1cn(CCC=O)c2ccccc12. The fourth-order valence-electron chi connectivity index (χ4n) is 1.81. The van der Waals surface area contributed by atoms with Crippen molar-refractivity contribution in [3.8, 4) is 0 Å². The number of aryl methyl sites for hydroxylation is 2. The Kier molecular flexibility index (Phi) is 2.35. The summed E-state index contributed by atoms with van der Waals surface area (Å²) in [5, 5.41) is 1.28. The highest BCUT2D eigenvalue weighted by Crippen LogP contribution is 2.20. The van der Waals surface area contributed by atoms with Crippen LogP contribution in [0, 0.1) is 6.92 Å². The lowest BCUT2D eigenvalue weighted by Gasteiger charge is -2.00. The van der Waals surface area contributed by atoms with E-state index in [0.717, 1.165) is 12.8 Å². The molecule has 0 radical (unpaired) electrons. The van der Waals surface area contributed by atoms with Crippen LogP contribution in [0.3, 0.4) is 0 Å². The van der Waals surface area contributed by atoms with Crippen LogP contribution in [0.4, 0.5) is 0 Å². The third-order valence-corrected chi connectivity index (χ3v) is 2.48. The average Bonchev–Trinajstić information content (AvgIpc) is 2.54. The number of nitrogens with zero attached hydrogens (tertiary/aromatic N) is 1. The quantitative estimate of drug-likeness (QED) is 0.677. The van der Waals surface area contributed by atoms with Crippen LogP contribution in [0.15, 0.2) is 30.5 Å². The Balaban J connectivity index is 2.49. The van der Waals surface area contributed by atoms with Gasteiger partial charge in [0.05, 0.1) is 0 Å². The lowest BCUT2D eigenvalue weighted by Crippen LogP contribution is -1.95. The van der Waals surface area contributed by atoms with Gasteiger partial charge < -0.3 is 9.36 Å². The molecule has 0 aliphatic heterocycles. The maximum Gasteiger partial charge on any atom is 0.121 e. The number of para-hydroxylation sites is 1. The van der Waals surface area contributed by atoms with Crippen molar-refractivity contribution < 1.29 is 4.79 Å². The number of aromatic nitrogens is 1. The largest absolute Gasteiger partial charge is 0.347 e. The minimum Gasteiger partial charge on any atom is -0.347 e. The molecule has 0 aliphatic carbocycles. The molecule has 0 aliphatic rings. The van der Waals surface area contributed by atoms with Crippen LogP contribution in [0.5, 0.6) is 0 Å². The second-order valence-electron chi connectivity index (χ2n) is 3.48. The Morgan fingerprint density at radius 2 is 2.14 bits per heavy atom. The Hall–Kier alpha value is -1.57. The molecule has 72 valence electrons. The Morgan fingerprint density at radius 3 is 2.93 bits per heavy atom. The molecule has 1 aromatic heterocycles. The average molecular weight is 187 g/mol. The monoisotopic (exact) mass is 187 g/mol. The van der Waals surface area contributed by atoms with Crippen molar-refractivity contribution in [1.82, 2.24) is 4.57 Å². The van der Waals surface area contributed by atoms with E-state index in [0.29, 0.717) is 6.42 Å². The number of hydrogen-bond donors (Lipinski definition) is 0. The molecule has 0 saturated heterocycles. The Labute approximate surface area is 83.2 Å². The van der Waals surface area contributed by atoms with Crippen molar-refractivity contribution in [1.29, 1.82) is 0 Å². The summed E-state index contributed by atoms with van der Waals surface area (Å²) in [6.45, 7) is 2.87. The molecule has 0 amide bonds. The molecule has 2 nitrogen and oxygen atoms in total. The van der Waals surface area contributed by atoms with E-state index >= 15 is 0 Å². The molecule has 2 heteroatoms. The zero-order valence-corrected chi connectivity index (χ0v) is 8.23. The van der Waals surface area contributed by atoms with E-state index in [1.165, 1.54) is 16.5 Å². The van der Waals surface area contributed by atoms with Crippen LogP contribution in [0.1, 0.15) is 12.0 Å². The van der Waals surface area contributed by atoms with Crippen LogP contribution >= 0.6 is 0 Å². The maximum atomic E-state index is 10.3. The number of benzene rings is 1. The molecule has 2 rings (SSSR count). The molecule has 0 bridgehead atoms. The molecule has 0 atom stereocenters. The van der Waals surface area contributed by atoms with E-state index in [1.54, 1.807) is 0 Å². The summed E-state index contributed by atoms with van der Waals surface area (Å²) >= 11 is 0. The molecule has 1 aromatic carbocycles. The van der Waals surface area contributed by atoms with Crippen molar-refractivity contribution in [2.75, 3.05) is 0 Å². The number of aldehydes is 1. The first-order valence-electron chi connectivity index (χ1n) is 4.81. The third-order valence-electron chi connectivity index (χ3n) is 2.48. The number of fused-ring (bicyclic) bond motifs is 1. The first-order valence-corrected chi connectivity index (χ1v) is 4.81. The predicted octanol–water partition coefficient (Wildman–Crippen LogP) is 2.54. The summed E-state index contributed by atoms with van der Waals surface area (Å²) in [4.78, 5) is 10.3. The van der Waals surface area contributed by atoms with Crippen LogP contribution < -0.4 is 0 Å². The summed E-state index contributed by atoms with van der Waals surface area (Å²) < 4.78 is 2.14. The fourth-order valence-corrected chi connectivity index (χ4v) is 1.81. The van der Waals surface area contributed by atoms with Crippen molar-refractivity contribution in [3.05, 3.63) is 36.0 Å². The molecule has 0 spiro atoms. The Bertz CT molecular complexity index is 456. The van der Waals surface area contributed by atoms with Gasteiger partial charge in [0.25, 0.3) is 0 Å². The zero-order chi connectivity index (χ0) is 9.97. The van der Waals surface area contributed by atoms with Gasteiger partial charge in [0.1, 0.15) is 6.29 Å². The first kappa shape index (κ1) is 9.00. The minimum atomic E-state index is 0.581. The molecule has 0 saturated carbocycles. The number of carbonyl (C=O) groups excluding carboxylic acids is 1. The van der Waals surface area contributed by atoms with Crippen molar-refractivity contribution >= 4 is 17.2 Å². The van der Waals surface area contributed by atoms with E-state index in [9.17, 15) is 4.79 Å². The van der Waals surface area contributed by atoms with E-state index < -0.39 is 0 Å². The van der Waals surface area contributed by atoms with Crippen LogP contribution in [-0.4, -0.2) is 10.9 Å². The highest BCUT2D eigenvalue weighted by atomic mass is 16.1.